The van der Waals surface area contributed by atoms with Crippen LogP contribution in [-0.2, 0) is 4.79 Å². The highest BCUT2D eigenvalue weighted by molar-refractivity contribution is 5.77. The second-order valence-electron chi connectivity index (χ2n) is 4.07. The second kappa shape index (κ2) is 6.41. The number of nitrogens with one attached hydrogen (secondary N) is 1. The van der Waals surface area contributed by atoms with Gasteiger partial charge in [0.15, 0.2) is 6.10 Å². The number of carboxylic acid groups (broad SMARTS) is 1. The minimum absolute atomic E-state index is 0.102. The lowest BCUT2D eigenvalue weighted by Crippen LogP contribution is -2.51. The molecule has 0 aromatic rings. The van der Waals surface area contributed by atoms with Crippen molar-refractivity contribution < 1.29 is 24.9 Å². The molecule has 0 bridgehead atoms. The zero-order valence-corrected chi connectivity index (χ0v) is 9.50. The Kier molecular flexibility index (Phi) is 5.17. The predicted octanol–water partition coefficient (Wildman–Crippen LogP) is -1.01. The van der Waals surface area contributed by atoms with Crippen LogP contribution < -0.4 is 5.32 Å². The molecule has 0 radical (unpaired) electrons. The van der Waals surface area contributed by atoms with Crippen molar-refractivity contribution >= 4 is 12.0 Å². The van der Waals surface area contributed by atoms with Crippen molar-refractivity contribution in [3.63, 3.8) is 0 Å². The summed E-state index contributed by atoms with van der Waals surface area (Å²) < 4.78 is 0. The van der Waals surface area contributed by atoms with E-state index in [0.29, 0.717) is 6.54 Å². The Hall–Kier alpha value is -1.34. The normalized spacial score (nSPS) is 22.0. The lowest BCUT2D eigenvalue weighted by molar-refractivity contribution is -0.146. The Morgan fingerprint density at radius 2 is 2.12 bits per heavy atom. The maximum Gasteiger partial charge on any atom is 0.334 e. The van der Waals surface area contributed by atoms with Crippen molar-refractivity contribution in [1.82, 2.24) is 10.2 Å². The monoisotopic (exact) mass is 246 g/mol. The Morgan fingerprint density at radius 1 is 1.41 bits per heavy atom. The van der Waals surface area contributed by atoms with E-state index in [1.165, 1.54) is 4.90 Å². The summed E-state index contributed by atoms with van der Waals surface area (Å²) in [4.78, 5) is 23.5. The number of carbonyl (C=O) groups excluding carboxylic acids is 1. The number of nitrogens with zero attached hydrogens (tertiary/aromatic N) is 1. The molecule has 7 nitrogen and oxygen atoms in total. The zero-order chi connectivity index (χ0) is 12.8. The van der Waals surface area contributed by atoms with E-state index in [-0.39, 0.29) is 19.2 Å². The average molecular weight is 246 g/mol. The quantitative estimate of drug-likeness (QED) is 0.508. The number of rotatable bonds is 4. The van der Waals surface area contributed by atoms with Gasteiger partial charge in [0.25, 0.3) is 0 Å². The first-order valence-corrected chi connectivity index (χ1v) is 5.62. The van der Waals surface area contributed by atoms with Crippen molar-refractivity contribution in [3.05, 3.63) is 0 Å². The molecule has 4 N–H and O–H groups in total. The van der Waals surface area contributed by atoms with Gasteiger partial charge in [-0.2, -0.15) is 0 Å². The molecule has 0 aromatic carbocycles. The molecule has 1 aliphatic rings. The largest absolute Gasteiger partial charge is 0.479 e. The van der Waals surface area contributed by atoms with Gasteiger partial charge < -0.3 is 25.5 Å². The molecule has 1 fully saturated rings. The highest BCUT2D eigenvalue weighted by atomic mass is 16.4. The lowest BCUT2D eigenvalue weighted by atomic mass is 10.0. The predicted molar refractivity (Wildman–Crippen MR) is 58.5 cm³/mol. The maximum absolute atomic E-state index is 11.7. The second-order valence-corrected chi connectivity index (χ2v) is 4.07. The van der Waals surface area contributed by atoms with Crippen LogP contribution in [0.3, 0.4) is 0 Å². The molecule has 1 aliphatic heterocycles. The van der Waals surface area contributed by atoms with E-state index >= 15 is 0 Å². The summed E-state index contributed by atoms with van der Waals surface area (Å²) in [5.74, 6) is -1.37. The Bertz CT molecular complexity index is 284. The molecule has 1 heterocycles. The third-order valence-corrected chi connectivity index (χ3v) is 2.83. The number of amides is 2. The first kappa shape index (κ1) is 13.7. The molecule has 2 amide bonds. The van der Waals surface area contributed by atoms with E-state index in [9.17, 15) is 9.59 Å². The summed E-state index contributed by atoms with van der Waals surface area (Å²) in [5.41, 5.74) is 0. The van der Waals surface area contributed by atoms with Crippen LogP contribution in [0.25, 0.3) is 0 Å². The SMILES string of the molecule is O=C(O)C(O)CNC(=O)N1CCCCC1CO. The van der Waals surface area contributed by atoms with Crippen molar-refractivity contribution in [3.8, 4) is 0 Å². The Balaban J connectivity index is 2.42. The number of aliphatic hydroxyl groups excluding tert-OH is 2. The molecule has 0 aromatic heterocycles. The minimum atomic E-state index is -1.60. The van der Waals surface area contributed by atoms with E-state index in [4.69, 9.17) is 15.3 Å². The number of piperidine rings is 1. The van der Waals surface area contributed by atoms with Gasteiger partial charge in [-0.25, -0.2) is 9.59 Å². The van der Waals surface area contributed by atoms with Crippen LogP contribution in [0.5, 0.6) is 0 Å². The van der Waals surface area contributed by atoms with Gasteiger partial charge in [-0.15, -0.1) is 0 Å². The van der Waals surface area contributed by atoms with Gasteiger partial charge in [0.05, 0.1) is 19.2 Å². The van der Waals surface area contributed by atoms with Crippen LogP contribution in [0.2, 0.25) is 0 Å². The average Bonchev–Trinajstić information content (AvgIpc) is 2.35. The number of hydrogen-bond donors (Lipinski definition) is 4. The van der Waals surface area contributed by atoms with Crippen LogP contribution >= 0.6 is 0 Å². The first-order chi connectivity index (χ1) is 8.06. The van der Waals surface area contributed by atoms with Crippen molar-refractivity contribution in [2.75, 3.05) is 19.7 Å². The molecule has 1 saturated heterocycles. The van der Waals surface area contributed by atoms with E-state index in [0.717, 1.165) is 19.3 Å². The topological polar surface area (TPSA) is 110 Å². The molecule has 2 atom stereocenters. The molecule has 0 spiro atoms. The van der Waals surface area contributed by atoms with Crippen LogP contribution in [0.15, 0.2) is 0 Å². The van der Waals surface area contributed by atoms with Gasteiger partial charge in [0.2, 0.25) is 0 Å². The maximum atomic E-state index is 11.7. The van der Waals surface area contributed by atoms with Crippen molar-refractivity contribution in [2.24, 2.45) is 0 Å². The third kappa shape index (κ3) is 3.86. The first-order valence-electron chi connectivity index (χ1n) is 5.62. The number of aliphatic carboxylic acids is 1. The van der Waals surface area contributed by atoms with Crippen LogP contribution in [0.4, 0.5) is 4.79 Å². The fourth-order valence-corrected chi connectivity index (χ4v) is 1.83. The van der Waals surface area contributed by atoms with Crippen LogP contribution in [-0.4, -0.2) is 64.1 Å². The van der Waals surface area contributed by atoms with Gasteiger partial charge in [-0.3, -0.25) is 0 Å². The number of hydrogen-bond acceptors (Lipinski definition) is 4. The van der Waals surface area contributed by atoms with Crippen molar-refractivity contribution in [1.29, 1.82) is 0 Å². The number of aliphatic hydroxyl groups is 2. The molecule has 0 saturated carbocycles. The third-order valence-electron chi connectivity index (χ3n) is 2.83. The van der Waals surface area contributed by atoms with Gasteiger partial charge in [0.1, 0.15) is 0 Å². The molecular weight excluding hydrogens is 228 g/mol. The molecule has 17 heavy (non-hydrogen) atoms. The lowest BCUT2D eigenvalue weighted by Gasteiger charge is -2.34. The highest BCUT2D eigenvalue weighted by Gasteiger charge is 2.26. The number of carbonyl (C=O) groups is 2. The van der Waals surface area contributed by atoms with Gasteiger partial charge in [-0.05, 0) is 19.3 Å². The fourth-order valence-electron chi connectivity index (χ4n) is 1.83. The van der Waals surface area contributed by atoms with Crippen LogP contribution in [0.1, 0.15) is 19.3 Å². The molecule has 1 rings (SSSR count). The van der Waals surface area contributed by atoms with E-state index < -0.39 is 18.1 Å². The number of likely N-dealkylation sites (tertiary alicyclic amines) is 1. The van der Waals surface area contributed by atoms with Gasteiger partial charge in [0, 0.05) is 6.54 Å². The molecular formula is C10H18N2O5. The summed E-state index contributed by atoms with van der Waals surface area (Å²) in [7, 11) is 0. The number of urea groups is 1. The molecule has 7 heteroatoms. The fraction of sp³-hybridized carbons (Fsp3) is 0.800. The standard InChI is InChI=1S/C10H18N2O5/c13-6-7-3-1-2-4-12(7)10(17)11-5-8(14)9(15)16/h7-8,13-14H,1-6H2,(H,11,17)(H,15,16). The van der Waals surface area contributed by atoms with Crippen LogP contribution in [0, 0.1) is 0 Å². The summed E-state index contributed by atoms with van der Waals surface area (Å²) in [6.07, 6.45) is 0.972. The van der Waals surface area contributed by atoms with Gasteiger partial charge in [-0.1, -0.05) is 0 Å². The minimum Gasteiger partial charge on any atom is -0.479 e. The van der Waals surface area contributed by atoms with Crippen molar-refractivity contribution in [2.45, 2.75) is 31.4 Å². The van der Waals surface area contributed by atoms with Gasteiger partial charge >= 0.3 is 12.0 Å². The summed E-state index contributed by atoms with van der Waals surface area (Å²) in [6, 6.07) is -0.658. The zero-order valence-electron chi connectivity index (χ0n) is 9.50. The van der Waals surface area contributed by atoms with E-state index in [1.54, 1.807) is 0 Å². The summed E-state index contributed by atoms with van der Waals surface area (Å²) >= 11 is 0. The van der Waals surface area contributed by atoms with E-state index in [2.05, 4.69) is 5.32 Å². The summed E-state index contributed by atoms with van der Waals surface area (Å²) in [5, 5.41) is 28.9. The summed E-state index contributed by atoms with van der Waals surface area (Å²) in [6.45, 7) is 0.109. The molecule has 2 unspecified atom stereocenters. The highest BCUT2D eigenvalue weighted by Crippen LogP contribution is 2.16. The smallest absolute Gasteiger partial charge is 0.334 e. The molecule has 98 valence electrons. The molecule has 0 aliphatic carbocycles. The Labute approximate surface area is 99.0 Å². The Morgan fingerprint density at radius 3 is 2.71 bits per heavy atom. The van der Waals surface area contributed by atoms with E-state index in [1.807, 2.05) is 0 Å². The number of carboxylic acids is 1.